The normalized spacial score (nSPS) is 10.2. The highest BCUT2D eigenvalue weighted by molar-refractivity contribution is 5.61. The smallest absolute Gasteiger partial charge is 0.222 e. The van der Waals surface area contributed by atoms with Gasteiger partial charge in [0, 0.05) is 43.5 Å². The molecule has 5 nitrogen and oxygen atoms in total. The molecule has 0 aliphatic rings. The average molecular weight is 230 g/mol. The molecule has 0 saturated heterocycles. The molecule has 0 bridgehead atoms. The first kappa shape index (κ1) is 11.5. The Balaban J connectivity index is 2.03. The van der Waals surface area contributed by atoms with Crippen molar-refractivity contribution < 1.29 is 5.11 Å². The number of hydrogen-bond acceptors (Lipinski definition) is 5. The molecular weight excluding hydrogens is 216 g/mol. The molecule has 2 aromatic rings. The Morgan fingerprint density at radius 1 is 1.06 bits per heavy atom. The van der Waals surface area contributed by atoms with Crippen molar-refractivity contribution in [1.29, 1.82) is 0 Å². The van der Waals surface area contributed by atoms with E-state index < -0.39 is 0 Å². The van der Waals surface area contributed by atoms with Crippen LogP contribution in [0.3, 0.4) is 0 Å². The lowest BCUT2D eigenvalue weighted by Gasteiger charge is -2.04. The fourth-order valence-corrected chi connectivity index (χ4v) is 1.39. The standard InChI is InChI=1S/C12H14N4O/c17-7-1-4-14-12-15-8-11(9-16-12)10-2-5-13-6-3-10/h2-3,5-6,8-9,17H,1,4,7H2,(H,14,15,16). The van der Waals surface area contributed by atoms with E-state index in [9.17, 15) is 0 Å². The van der Waals surface area contributed by atoms with Crippen LogP contribution in [-0.2, 0) is 0 Å². The van der Waals surface area contributed by atoms with E-state index in [2.05, 4.69) is 20.3 Å². The SMILES string of the molecule is OCCCNc1ncc(-c2ccncc2)cn1. The highest BCUT2D eigenvalue weighted by Gasteiger charge is 1.99. The molecule has 17 heavy (non-hydrogen) atoms. The van der Waals surface area contributed by atoms with Crippen molar-refractivity contribution in [3.8, 4) is 11.1 Å². The zero-order valence-electron chi connectivity index (χ0n) is 9.37. The Kier molecular flexibility index (Phi) is 3.99. The number of anilines is 1. The van der Waals surface area contributed by atoms with Crippen LogP contribution in [0.15, 0.2) is 36.9 Å². The second-order valence-electron chi connectivity index (χ2n) is 3.54. The summed E-state index contributed by atoms with van der Waals surface area (Å²) in [4.78, 5) is 12.4. The van der Waals surface area contributed by atoms with Crippen LogP contribution in [0.2, 0.25) is 0 Å². The first-order valence-electron chi connectivity index (χ1n) is 5.47. The van der Waals surface area contributed by atoms with Gasteiger partial charge in [-0.2, -0.15) is 0 Å². The van der Waals surface area contributed by atoms with E-state index in [-0.39, 0.29) is 6.61 Å². The average Bonchev–Trinajstić information content (AvgIpc) is 2.41. The maximum absolute atomic E-state index is 8.65. The predicted octanol–water partition coefficient (Wildman–Crippen LogP) is 1.33. The first-order chi connectivity index (χ1) is 8.40. The number of hydrogen-bond donors (Lipinski definition) is 2. The maximum atomic E-state index is 8.65. The van der Waals surface area contributed by atoms with Crippen molar-refractivity contribution in [2.75, 3.05) is 18.5 Å². The molecule has 5 heteroatoms. The van der Waals surface area contributed by atoms with Crippen LogP contribution in [0.5, 0.6) is 0 Å². The number of aromatic nitrogens is 3. The summed E-state index contributed by atoms with van der Waals surface area (Å²) in [5, 5.41) is 11.7. The summed E-state index contributed by atoms with van der Waals surface area (Å²) < 4.78 is 0. The lowest BCUT2D eigenvalue weighted by Crippen LogP contribution is -2.06. The van der Waals surface area contributed by atoms with Gasteiger partial charge in [0.05, 0.1) is 0 Å². The molecule has 2 N–H and O–H groups in total. The molecule has 0 radical (unpaired) electrons. The summed E-state index contributed by atoms with van der Waals surface area (Å²) >= 11 is 0. The third-order valence-electron chi connectivity index (χ3n) is 2.28. The van der Waals surface area contributed by atoms with E-state index in [0.717, 1.165) is 11.1 Å². The van der Waals surface area contributed by atoms with E-state index in [4.69, 9.17) is 5.11 Å². The van der Waals surface area contributed by atoms with Gasteiger partial charge in [0.15, 0.2) is 0 Å². The first-order valence-corrected chi connectivity index (χ1v) is 5.47. The number of rotatable bonds is 5. The third-order valence-corrected chi connectivity index (χ3v) is 2.28. The molecule has 2 rings (SSSR count). The van der Waals surface area contributed by atoms with Gasteiger partial charge in [-0.3, -0.25) is 4.98 Å². The Labute approximate surface area is 99.6 Å². The van der Waals surface area contributed by atoms with Gasteiger partial charge in [-0.05, 0) is 24.1 Å². The number of aliphatic hydroxyl groups is 1. The number of nitrogens with zero attached hydrogens (tertiary/aromatic N) is 3. The van der Waals surface area contributed by atoms with Crippen LogP contribution in [0.4, 0.5) is 5.95 Å². The topological polar surface area (TPSA) is 70.9 Å². The number of pyridine rings is 1. The molecule has 0 unspecified atom stereocenters. The van der Waals surface area contributed by atoms with Crippen molar-refractivity contribution in [3.63, 3.8) is 0 Å². The van der Waals surface area contributed by atoms with Gasteiger partial charge in [0.1, 0.15) is 0 Å². The molecule has 0 atom stereocenters. The Bertz CT molecular complexity index is 444. The minimum Gasteiger partial charge on any atom is -0.396 e. The zero-order chi connectivity index (χ0) is 11.9. The third kappa shape index (κ3) is 3.22. The summed E-state index contributed by atoms with van der Waals surface area (Å²) in [7, 11) is 0. The van der Waals surface area contributed by atoms with Crippen molar-refractivity contribution in [1.82, 2.24) is 15.0 Å². The highest BCUT2D eigenvalue weighted by Crippen LogP contribution is 2.16. The molecule has 2 heterocycles. The monoisotopic (exact) mass is 230 g/mol. The van der Waals surface area contributed by atoms with E-state index in [1.54, 1.807) is 24.8 Å². The fraction of sp³-hybridized carbons (Fsp3) is 0.250. The second-order valence-corrected chi connectivity index (χ2v) is 3.54. The predicted molar refractivity (Wildman–Crippen MR) is 65.5 cm³/mol. The van der Waals surface area contributed by atoms with E-state index in [1.165, 1.54) is 0 Å². The van der Waals surface area contributed by atoms with Crippen LogP contribution in [-0.4, -0.2) is 33.2 Å². The van der Waals surface area contributed by atoms with Crippen molar-refractivity contribution in [2.24, 2.45) is 0 Å². The molecule has 88 valence electrons. The molecule has 0 spiro atoms. The van der Waals surface area contributed by atoms with Gasteiger partial charge in [0.25, 0.3) is 0 Å². The van der Waals surface area contributed by atoms with Gasteiger partial charge in [-0.1, -0.05) is 0 Å². The summed E-state index contributed by atoms with van der Waals surface area (Å²) in [6.45, 7) is 0.840. The summed E-state index contributed by atoms with van der Waals surface area (Å²) in [6, 6.07) is 3.83. The van der Waals surface area contributed by atoms with E-state index in [1.807, 2.05) is 12.1 Å². The van der Waals surface area contributed by atoms with Gasteiger partial charge in [-0.25, -0.2) is 9.97 Å². The van der Waals surface area contributed by atoms with Crippen LogP contribution >= 0.6 is 0 Å². The van der Waals surface area contributed by atoms with Crippen LogP contribution < -0.4 is 5.32 Å². The Hall–Kier alpha value is -2.01. The highest BCUT2D eigenvalue weighted by atomic mass is 16.3. The molecule has 0 aliphatic heterocycles. The van der Waals surface area contributed by atoms with Crippen molar-refractivity contribution >= 4 is 5.95 Å². The second kappa shape index (κ2) is 5.91. The summed E-state index contributed by atoms with van der Waals surface area (Å²) in [5.41, 5.74) is 2.00. The summed E-state index contributed by atoms with van der Waals surface area (Å²) in [5.74, 6) is 0.580. The maximum Gasteiger partial charge on any atom is 0.222 e. The van der Waals surface area contributed by atoms with Crippen LogP contribution in [0.25, 0.3) is 11.1 Å². The number of nitrogens with one attached hydrogen (secondary N) is 1. The molecule has 2 aromatic heterocycles. The quantitative estimate of drug-likeness (QED) is 0.758. The van der Waals surface area contributed by atoms with Crippen LogP contribution in [0.1, 0.15) is 6.42 Å². The van der Waals surface area contributed by atoms with Gasteiger partial charge < -0.3 is 10.4 Å². The molecule has 0 fully saturated rings. The molecule has 0 saturated carbocycles. The van der Waals surface area contributed by atoms with Gasteiger partial charge in [-0.15, -0.1) is 0 Å². The minimum atomic E-state index is 0.169. The molecular formula is C12H14N4O. The summed E-state index contributed by atoms with van der Waals surface area (Å²) in [6.07, 6.45) is 7.70. The van der Waals surface area contributed by atoms with Gasteiger partial charge >= 0.3 is 0 Å². The molecule has 0 amide bonds. The number of aliphatic hydroxyl groups excluding tert-OH is 1. The molecule has 0 aromatic carbocycles. The van der Waals surface area contributed by atoms with Crippen LogP contribution in [0, 0.1) is 0 Å². The van der Waals surface area contributed by atoms with Gasteiger partial charge in [0.2, 0.25) is 5.95 Å². The van der Waals surface area contributed by atoms with E-state index in [0.29, 0.717) is 18.9 Å². The Morgan fingerprint density at radius 2 is 1.76 bits per heavy atom. The largest absolute Gasteiger partial charge is 0.396 e. The lowest BCUT2D eigenvalue weighted by atomic mass is 10.1. The lowest BCUT2D eigenvalue weighted by molar-refractivity contribution is 0.292. The zero-order valence-corrected chi connectivity index (χ0v) is 9.37. The minimum absolute atomic E-state index is 0.169. The molecule has 0 aliphatic carbocycles. The fourth-order valence-electron chi connectivity index (χ4n) is 1.39. The van der Waals surface area contributed by atoms with E-state index >= 15 is 0 Å². The van der Waals surface area contributed by atoms with Crippen molar-refractivity contribution in [2.45, 2.75) is 6.42 Å². The van der Waals surface area contributed by atoms with Crippen molar-refractivity contribution in [3.05, 3.63) is 36.9 Å². The Morgan fingerprint density at radius 3 is 2.41 bits per heavy atom.